The van der Waals surface area contributed by atoms with E-state index in [0.717, 1.165) is 24.0 Å². The van der Waals surface area contributed by atoms with Crippen LogP contribution in [0.2, 0.25) is 11.6 Å². The van der Waals surface area contributed by atoms with Crippen LogP contribution in [0.1, 0.15) is 34.6 Å². The first kappa shape index (κ1) is 12.5. The highest BCUT2D eigenvalue weighted by Gasteiger charge is 2.29. The van der Waals surface area contributed by atoms with Crippen LogP contribution in [0.25, 0.3) is 0 Å². The molecule has 0 aromatic heterocycles. The van der Waals surface area contributed by atoms with Crippen molar-refractivity contribution in [2.24, 2.45) is 5.92 Å². The van der Waals surface area contributed by atoms with Crippen molar-refractivity contribution in [3.8, 4) is 0 Å². The van der Waals surface area contributed by atoms with Gasteiger partial charge in [-0.15, -0.1) is 7.80 Å². The van der Waals surface area contributed by atoms with Crippen LogP contribution in [-0.2, 0) is 0 Å². The summed E-state index contributed by atoms with van der Waals surface area (Å²) in [5.41, 5.74) is 0. The monoisotopic (exact) mass is 186 g/mol. The van der Waals surface area contributed by atoms with Crippen molar-refractivity contribution >= 4 is 14.2 Å². The van der Waals surface area contributed by atoms with Gasteiger partial charge in [0.1, 0.15) is 0 Å². The lowest BCUT2D eigenvalue weighted by Crippen LogP contribution is -2.23. The summed E-state index contributed by atoms with van der Waals surface area (Å²) in [6.45, 7) is 16.7. The molecule has 0 N–H and O–H groups in total. The molecule has 0 fully saturated rings. The molecule has 0 spiro atoms. The first-order valence-electron chi connectivity index (χ1n) is 5.04. The maximum absolute atomic E-state index is 2.42. The van der Waals surface area contributed by atoms with E-state index in [4.69, 9.17) is 0 Å². The molecule has 0 heterocycles. The smallest absolute Gasteiger partial charge is 0.146 e. The van der Waals surface area contributed by atoms with Crippen molar-refractivity contribution in [2.45, 2.75) is 46.3 Å². The van der Waals surface area contributed by atoms with Crippen LogP contribution in [0.15, 0.2) is 0 Å². The Morgan fingerprint density at radius 1 is 0.917 bits per heavy atom. The van der Waals surface area contributed by atoms with Gasteiger partial charge in [-0.25, -0.2) is 0 Å². The Kier molecular flexibility index (Phi) is 5.49. The minimum atomic E-state index is 0.225. The molecule has 0 saturated carbocycles. The average molecular weight is 186 g/mol. The molecule has 0 aliphatic heterocycles. The van der Waals surface area contributed by atoms with Crippen molar-refractivity contribution in [1.82, 2.24) is 0 Å². The number of hydrogen-bond donors (Lipinski definition) is 0. The minimum absolute atomic E-state index is 0.225. The molecule has 0 bridgehead atoms. The molecular formula is C10H24BP. The maximum atomic E-state index is 2.42. The minimum Gasteiger partial charge on any atom is -0.146 e. The van der Waals surface area contributed by atoms with Gasteiger partial charge >= 0.3 is 0 Å². The summed E-state index contributed by atoms with van der Waals surface area (Å²) >= 11 is 0. The van der Waals surface area contributed by atoms with Crippen LogP contribution in [0.5, 0.6) is 0 Å². The Hall–Kier alpha value is 0.495. The van der Waals surface area contributed by atoms with Crippen LogP contribution < -0.4 is 0 Å². The summed E-state index contributed by atoms with van der Waals surface area (Å²) in [5.74, 6) is 2.57. The van der Waals surface area contributed by atoms with Crippen molar-refractivity contribution < 1.29 is 0 Å². The van der Waals surface area contributed by atoms with E-state index in [1.807, 2.05) is 0 Å². The predicted octanol–water partition coefficient (Wildman–Crippen LogP) is 4.18. The molecule has 0 nitrogen and oxygen atoms in total. The van der Waals surface area contributed by atoms with Gasteiger partial charge in [-0.05, 0) is 0 Å². The first-order valence-corrected chi connectivity index (χ1v) is 7.34. The third-order valence-electron chi connectivity index (χ3n) is 2.87. The van der Waals surface area contributed by atoms with E-state index < -0.39 is 0 Å². The second-order valence-electron chi connectivity index (χ2n) is 4.80. The van der Waals surface area contributed by atoms with Gasteiger partial charge in [-0.1, -0.05) is 65.5 Å². The summed E-state index contributed by atoms with van der Waals surface area (Å²) in [6.07, 6.45) is 0.944. The fourth-order valence-electron chi connectivity index (χ4n) is 2.07. The molecule has 0 aromatic carbocycles. The van der Waals surface area contributed by atoms with Crippen molar-refractivity contribution in [2.75, 3.05) is 13.3 Å². The Labute approximate surface area is 80.3 Å². The number of rotatable bonds is 4. The van der Waals surface area contributed by atoms with E-state index in [-0.39, 0.29) is 7.80 Å². The summed E-state index contributed by atoms with van der Waals surface area (Å²) in [5, 5.41) is 0. The standard InChI is InChI=1S/C10H24BP/c1-8(2)10(5)11(9(3)4)12(6)7/h8-10H,1-7H3. The van der Waals surface area contributed by atoms with Crippen LogP contribution in [-0.4, -0.2) is 19.8 Å². The largest absolute Gasteiger partial charge is 0.175 e. The van der Waals surface area contributed by atoms with Gasteiger partial charge in [0.15, 0.2) is 6.43 Å². The molecule has 1 atom stereocenters. The molecule has 0 aromatic rings. The zero-order valence-corrected chi connectivity index (χ0v) is 10.7. The zero-order valence-electron chi connectivity index (χ0n) is 9.76. The van der Waals surface area contributed by atoms with Gasteiger partial charge in [0, 0.05) is 0 Å². The Morgan fingerprint density at radius 3 is 1.42 bits per heavy atom. The topological polar surface area (TPSA) is 0 Å². The second-order valence-corrected chi connectivity index (χ2v) is 7.32. The molecule has 0 aliphatic rings. The fourth-order valence-corrected chi connectivity index (χ4v) is 4.55. The molecule has 0 rings (SSSR count). The molecule has 0 amide bonds. The van der Waals surface area contributed by atoms with E-state index in [1.54, 1.807) is 0 Å². The van der Waals surface area contributed by atoms with Gasteiger partial charge in [-0.2, -0.15) is 0 Å². The SMILES string of the molecule is CC(C)B(C(C)C(C)C)P(C)C. The first-order chi connectivity index (χ1) is 5.37. The molecule has 12 heavy (non-hydrogen) atoms. The Morgan fingerprint density at radius 2 is 1.33 bits per heavy atom. The maximum Gasteiger partial charge on any atom is 0.175 e. The predicted molar refractivity (Wildman–Crippen MR) is 63.9 cm³/mol. The lowest BCUT2D eigenvalue weighted by molar-refractivity contribution is 0.611. The molecule has 2 heteroatoms. The van der Waals surface area contributed by atoms with Crippen LogP contribution >= 0.6 is 7.80 Å². The third kappa shape index (κ3) is 3.48. The van der Waals surface area contributed by atoms with E-state index >= 15 is 0 Å². The van der Waals surface area contributed by atoms with Gasteiger partial charge in [0.25, 0.3) is 0 Å². The molecule has 72 valence electrons. The normalized spacial score (nSPS) is 14.5. The molecule has 0 radical (unpaired) electrons. The van der Waals surface area contributed by atoms with Crippen LogP contribution in [0.3, 0.4) is 0 Å². The summed E-state index contributed by atoms with van der Waals surface area (Å²) in [7, 11) is 0.225. The summed E-state index contributed by atoms with van der Waals surface area (Å²) in [6, 6.07) is 0. The lowest BCUT2D eigenvalue weighted by atomic mass is 9.51. The zero-order chi connectivity index (χ0) is 9.89. The molecule has 0 aliphatic carbocycles. The highest BCUT2D eigenvalue weighted by molar-refractivity contribution is 7.89. The quantitative estimate of drug-likeness (QED) is 0.456. The Bertz CT molecular complexity index is 113. The Balaban J connectivity index is 4.30. The highest BCUT2D eigenvalue weighted by Crippen LogP contribution is 2.45. The van der Waals surface area contributed by atoms with Crippen molar-refractivity contribution in [1.29, 1.82) is 0 Å². The lowest BCUT2D eigenvalue weighted by Gasteiger charge is -2.30. The summed E-state index contributed by atoms with van der Waals surface area (Å²) in [4.78, 5) is 0. The van der Waals surface area contributed by atoms with Gasteiger partial charge in [0.2, 0.25) is 0 Å². The van der Waals surface area contributed by atoms with Crippen molar-refractivity contribution in [3.05, 3.63) is 0 Å². The average Bonchev–Trinajstić information content (AvgIpc) is 1.85. The van der Waals surface area contributed by atoms with Crippen molar-refractivity contribution in [3.63, 3.8) is 0 Å². The van der Waals surface area contributed by atoms with E-state index in [2.05, 4.69) is 47.9 Å². The molecular weight excluding hydrogens is 162 g/mol. The number of hydrogen-bond acceptors (Lipinski definition) is 0. The molecule has 0 saturated heterocycles. The highest BCUT2D eigenvalue weighted by atomic mass is 31.1. The van der Waals surface area contributed by atoms with E-state index in [0.29, 0.717) is 0 Å². The van der Waals surface area contributed by atoms with Gasteiger partial charge < -0.3 is 0 Å². The fraction of sp³-hybridized carbons (Fsp3) is 1.00. The van der Waals surface area contributed by atoms with Crippen LogP contribution in [0.4, 0.5) is 0 Å². The third-order valence-corrected chi connectivity index (χ3v) is 5.13. The summed E-state index contributed by atoms with van der Waals surface area (Å²) < 4.78 is 0. The van der Waals surface area contributed by atoms with Crippen LogP contribution in [0, 0.1) is 5.92 Å². The second kappa shape index (κ2) is 5.27. The molecule has 1 unspecified atom stereocenters. The van der Waals surface area contributed by atoms with E-state index in [9.17, 15) is 0 Å². The van der Waals surface area contributed by atoms with Gasteiger partial charge in [-0.3, -0.25) is 0 Å². The van der Waals surface area contributed by atoms with E-state index in [1.165, 1.54) is 0 Å². The van der Waals surface area contributed by atoms with Gasteiger partial charge in [0.05, 0.1) is 0 Å².